The Morgan fingerprint density at radius 2 is 0.933 bits per heavy atom. The molecule has 0 saturated carbocycles. The second-order valence-electron chi connectivity index (χ2n) is 13.7. The Morgan fingerprint density at radius 3 is 1.53 bits per heavy atom. The molecule has 8 heteroatoms. The number of esters is 1. The minimum Gasteiger partial charge on any atom is -0.507 e. The van der Waals surface area contributed by atoms with Crippen LogP contribution in [-0.4, -0.2) is 22.2 Å². The van der Waals surface area contributed by atoms with Crippen LogP contribution in [0.25, 0.3) is 44.5 Å². The van der Waals surface area contributed by atoms with E-state index in [1.807, 2.05) is 103 Å². The Labute approximate surface area is 346 Å². The van der Waals surface area contributed by atoms with Gasteiger partial charge in [0, 0.05) is 11.1 Å². The van der Waals surface area contributed by atoms with E-state index in [9.17, 15) is 23.5 Å². The van der Waals surface area contributed by atoms with Crippen LogP contribution in [0, 0.1) is 11.6 Å². The van der Waals surface area contributed by atoms with E-state index in [1.54, 1.807) is 54.6 Å². The highest BCUT2D eigenvalue weighted by Gasteiger charge is 2.17. The van der Waals surface area contributed by atoms with Gasteiger partial charge in [-0.3, -0.25) is 0 Å². The molecule has 0 unspecified atom stereocenters. The summed E-state index contributed by atoms with van der Waals surface area (Å²) in [7, 11) is 0. The summed E-state index contributed by atoms with van der Waals surface area (Å²) in [6.45, 7) is 0.566. The number of hydrogen-bond acceptors (Lipinski definition) is 5. The van der Waals surface area contributed by atoms with Crippen LogP contribution in [0.4, 0.5) is 8.78 Å². The third-order valence-corrected chi connectivity index (χ3v) is 9.61. The topological polar surface area (TPSA) is 93.1 Å². The van der Waals surface area contributed by atoms with Crippen LogP contribution in [0.15, 0.2) is 194 Å². The van der Waals surface area contributed by atoms with Crippen LogP contribution < -0.4 is 4.74 Å². The normalized spacial score (nSPS) is 10.6. The zero-order valence-corrected chi connectivity index (χ0v) is 32.2. The Hall–Kier alpha value is -7.84. The van der Waals surface area contributed by atoms with Gasteiger partial charge in [-0.2, -0.15) is 0 Å². The summed E-state index contributed by atoms with van der Waals surface area (Å²) in [5, 5.41) is 19.2. The van der Waals surface area contributed by atoms with Gasteiger partial charge in [0.05, 0.1) is 11.1 Å². The van der Waals surface area contributed by atoms with Crippen molar-refractivity contribution in [2.75, 3.05) is 0 Å². The van der Waals surface area contributed by atoms with E-state index in [2.05, 4.69) is 0 Å². The third kappa shape index (κ3) is 9.99. The molecule has 296 valence electrons. The van der Waals surface area contributed by atoms with Gasteiger partial charge < -0.3 is 19.7 Å². The van der Waals surface area contributed by atoms with Gasteiger partial charge in [-0.25, -0.2) is 18.4 Å². The summed E-state index contributed by atoms with van der Waals surface area (Å²) < 4.78 is 39.6. The lowest BCUT2D eigenvalue weighted by Crippen LogP contribution is -2.05. The molecule has 0 bridgehead atoms. The van der Waals surface area contributed by atoms with Crippen molar-refractivity contribution in [2.45, 2.75) is 13.2 Å². The monoisotopic (exact) mass is 796 g/mol. The predicted octanol–water partition coefficient (Wildman–Crippen LogP) is 12.7. The van der Waals surface area contributed by atoms with E-state index in [1.165, 1.54) is 36.4 Å². The molecule has 8 aromatic carbocycles. The van der Waals surface area contributed by atoms with Crippen LogP contribution in [0.5, 0.6) is 11.5 Å². The van der Waals surface area contributed by atoms with Crippen molar-refractivity contribution in [3.05, 3.63) is 228 Å². The summed E-state index contributed by atoms with van der Waals surface area (Å²) in [5.74, 6) is -1.68. The Bertz CT molecular complexity index is 2750. The molecule has 0 atom stereocenters. The number of carbonyl (C=O) groups is 2. The number of halogens is 2. The SMILES string of the molecule is O=C(O)c1cccc(-c2ccccc2-c2cc(F)ccc2O)c1.O=C(OCc1ccccc1)c1cccc(-c2ccccc2-c2cc(F)ccc2OCc2ccccc2)c1. The second-order valence-corrected chi connectivity index (χ2v) is 13.7. The molecule has 0 fully saturated rings. The van der Waals surface area contributed by atoms with Gasteiger partial charge in [0.2, 0.25) is 0 Å². The number of ether oxygens (including phenoxy) is 2. The van der Waals surface area contributed by atoms with Crippen molar-refractivity contribution in [3.63, 3.8) is 0 Å². The number of hydrogen-bond donors (Lipinski definition) is 2. The molecule has 0 aromatic heterocycles. The van der Waals surface area contributed by atoms with Crippen molar-refractivity contribution in [3.8, 4) is 56.0 Å². The van der Waals surface area contributed by atoms with Crippen molar-refractivity contribution in [2.24, 2.45) is 0 Å². The van der Waals surface area contributed by atoms with E-state index in [-0.39, 0.29) is 23.7 Å². The molecule has 0 aliphatic heterocycles. The van der Waals surface area contributed by atoms with Gasteiger partial charge in [-0.15, -0.1) is 0 Å². The first-order valence-corrected chi connectivity index (χ1v) is 19.0. The first kappa shape index (κ1) is 40.4. The number of carboxylic acids is 1. The molecule has 0 amide bonds. The number of phenolic OH excluding ortho intramolecular Hbond substituents is 1. The third-order valence-electron chi connectivity index (χ3n) is 9.61. The zero-order chi connectivity index (χ0) is 41.8. The fourth-order valence-electron chi connectivity index (χ4n) is 6.68. The van der Waals surface area contributed by atoms with Gasteiger partial charge >= 0.3 is 11.9 Å². The minimum atomic E-state index is -1.02. The number of aromatic hydroxyl groups is 1. The molecule has 0 heterocycles. The fourth-order valence-corrected chi connectivity index (χ4v) is 6.68. The summed E-state index contributed by atoms with van der Waals surface area (Å²) in [4.78, 5) is 23.9. The Balaban J connectivity index is 0.000000203. The van der Waals surface area contributed by atoms with Crippen molar-refractivity contribution in [1.29, 1.82) is 0 Å². The maximum absolute atomic E-state index is 14.4. The van der Waals surface area contributed by atoms with Gasteiger partial charge in [0.25, 0.3) is 0 Å². The quantitative estimate of drug-likeness (QED) is 0.127. The zero-order valence-electron chi connectivity index (χ0n) is 32.2. The molecule has 2 N–H and O–H groups in total. The lowest BCUT2D eigenvalue weighted by Gasteiger charge is -2.16. The standard InChI is InChI=1S/C33H25FO3.C19H13FO3/c34-28-18-19-32(36-22-24-10-3-1-4-11-24)31(21-28)30-17-8-7-16-29(30)26-14-9-15-27(20-26)33(35)37-23-25-12-5-2-6-13-25;20-14-8-9-18(21)17(11-14)16-7-2-1-6-15(16)12-4-3-5-13(10-12)19(22)23/h1-21H,22-23H2;1-11,21H,(H,22,23). The van der Waals surface area contributed by atoms with Gasteiger partial charge in [0.15, 0.2) is 0 Å². The molecule has 0 aliphatic carbocycles. The molecule has 8 rings (SSSR count). The average Bonchev–Trinajstić information content (AvgIpc) is 3.29. The maximum atomic E-state index is 14.4. The predicted molar refractivity (Wildman–Crippen MR) is 230 cm³/mol. The number of phenols is 1. The second kappa shape index (κ2) is 19.1. The molecular weight excluding hydrogens is 759 g/mol. The number of rotatable bonds is 11. The van der Waals surface area contributed by atoms with E-state index in [0.717, 1.165) is 33.4 Å². The lowest BCUT2D eigenvalue weighted by atomic mass is 9.93. The molecule has 0 spiro atoms. The largest absolute Gasteiger partial charge is 0.507 e. The van der Waals surface area contributed by atoms with Crippen LogP contribution in [0.1, 0.15) is 31.8 Å². The van der Waals surface area contributed by atoms with Crippen LogP contribution in [-0.2, 0) is 18.0 Å². The van der Waals surface area contributed by atoms with E-state index < -0.39 is 17.8 Å². The summed E-state index contributed by atoms with van der Waals surface area (Å²) in [6.07, 6.45) is 0. The van der Waals surface area contributed by atoms with Gasteiger partial charge in [-0.05, 0) is 105 Å². The van der Waals surface area contributed by atoms with Crippen LogP contribution in [0.2, 0.25) is 0 Å². The first-order valence-electron chi connectivity index (χ1n) is 19.0. The van der Waals surface area contributed by atoms with Gasteiger partial charge in [-0.1, -0.05) is 133 Å². The van der Waals surface area contributed by atoms with Crippen LogP contribution in [0.3, 0.4) is 0 Å². The Morgan fingerprint density at radius 1 is 0.450 bits per heavy atom. The number of aromatic carboxylic acids is 1. The highest BCUT2D eigenvalue weighted by Crippen LogP contribution is 2.39. The summed E-state index contributed by atoms with van der Waals surface area (Å²) in [6, 6.07) is 56.3. The van der Waals surface area contributed by atoms with E-state index >= 15 is 0 Å². The smallest absolute Gasteiger partial charge is 0.338 e. The molecule has 6 nitrogen and oxygen atoms in total. The van der Waals surface area contributed by atoms with Crippen LogP contribution >= 0.6 is 0 Å². The van der Waals surface area contributed by atoms with Crippen molar-refractivity contribution in [1.82, 2.24) is 0 Å². The van der Waals surface area contributed by atoms with E-state index in [4.69, 9.17) is 14.6 Å². The lowest BCUT2D eigenvalue weighted by molar-refractivity contribution is 0.0472. The molecule has 8 aromatic rings. The fraction of sp³-hybridized carbons (Fsp3) is 0.0385. The highest BCUT2D eigenvalue weighted by atomic mass is 19.1. The molecular formula is C52H38F2O6. The molecule has 0 aliphatic rings. The van der Waals surface area contributed by atoms with Gasteiger partial charge in [0.1, 0.15) is 36.3 Å². The number of carboxylic acid groups (broad SMARTS) is 1. The van der Waals surface area contributed by atoms with Crippen molar-refractivity contribution < 1.29 is 38.1 Å². The Kier molecular flexibility index (Phi) is 12.8. The summed E-state index contributed by atoms with van der Waals surface area (Å²) >= 11 is 0. The minimum absolute atomic E-state index is 0.0340. The molecule has 0 radical (unpaired) electrons. The first-order chi connectivity index (χ1) is 29.2. The molecule has 0 saturated heterocycles. The molecule has 60 heavy (non-hydrogen) atoms. The maximum Gasteiger partial charge on any atom is 0.338 e. The number of carbonyl (C=O) groups excluding carboxylic acids is 1. The average molecular weight is 797 g/mol. The van der Waals surface area contributed by atoms with E-state index in [0.29, 0.717) is 40.2 Å². The summed E-state index contributed by atoms with van der Waals surface area (Å²) in [5.41, 5.74) is 8.08. The van der Waals surface area contributed by atoms with Crippen molar-refractivity contribution >= 4 is 11.9 Å². The number of benzene rings is 8. The highest BCUT2D eigenvalue weighted by molar-refractivity contribution is 5.94.